The standard InChI is InChI=1S/C19H23N3O3S/c1-14(12-22-10-2-5-18(22)23)20-19(24)21-15-6-8-16(9-7-15)25-13-17-4-3-11-26-17/h3-4,6-9,11,14H,2,5,10,12-13H2,1H3,(H2,20,21,24)/t14-/m0/s1. The number of carbonyl (C=O) groups is 2. The van der Waals surface area contributed by atoms with Crippen LogP contribution >= 0.6 is 11.3 Å². The first-order valence-electron chi connectivity index (χ1n) is 8.71. The van der Waals surface area contributed by atoms with Crippen LogP contribution in [0.2, 0.25) is 0 Å². The largest absolute Gasteiger partial charge is 0.488 e. The van der Waals surface area contributed by atoms with Crippen molar-refractivity contribution < 1.29 is 14.3 Å². The number of urea groups is 1. The molecule has 1 aliphatic rings. The zero-order chi connectivity index (χ0) is 18.4. The molecular weight excluding hydrogens is 350 g/mol. The van der Waals surface area contributed by atoms with Gasteiger partial charge in [-0.2, -0.15) is 0 Å². The maximum Gasteiger partial charge on any atom is 0.319 e. The van der Waals surface area contributed by atoms with Gasteiger partial charge in [-0.05, 0) is 49.1 Å². The number of anilines is 1. The van der Waals surface area contributed by atoms with Crippen molar-refractivity contribution in [1.29, 1.82) is 0 Å². The second-order valence-corrected chi connectivity index (χ2v) is 7.37. The molecule has 6 nitrogen and oxygen atoms in total. The molecule has 1 atom stereocenters. The molecule has 1 aromatic carbocycles. The summed E-state index contributed by atoms with van der Waals surface area (Å²) in [6.45, 7) is 3.76. The molecule has 0 saturated carbocycles. The molecule has 1 fully saturated rings. The first-order valence-corrected chi connectivity index (χ1v) is 9.58. The van der Waals surface area contributed by atoms with Crippen LogP contribution in [0.1, 0.15) is 24.6 Å². The van der Waals surface area contributed by atoms with E-state index >= 15 is 0 Å². The molecule has 26 heavy (non-hydrogen) atoms. The first-order chi connectivity index (χ1) is 12.6. The van der Waals surface area contributed by atoms with E-state index in [1.54, 1.807) is 28.4 Å². The third-order valence-electron chi connectivity index (χ3n) is 4.12. The summed E-state index contributed by atoms with van der Waals surface area (Å²) in [5, 5.41) is 7.68. The van der Waals surface area contributed by atoms with Crippen molar-refractivity contribution >= 4 is 29.0 Å². The number of thiophene rings is 1. The molecule has 0 radical (unpaired) electrons. The van der Waals surface area contributed by atoms with Crippen molar-refractivity contribution in [3.05, 3.63) is 46.7 Å². The van der Waals surface area contributed by atoms with Crippen LogP contribution in [0.25, 0.3) is 0 Å². The summed E-state index contributed by atoms with van der Waals surface area (Å²) in [4.78, 5) is 26.7. The highest BCUT2D eigenvalue weighted by Gasteiger charge is 2.22. The van der Waals surface area contributed by atoms with E-state index in [1.165, 1.54) is 0 Å². The van der Waals surface area contributed by atoms with Crippen molar-refractivity contribution in [1.82, 2.24) is 10.2 Å². The minimum Gasteiger partial charge on any atom is -0.488 e. The van der Waals surface area contributed by atoms with Crippen LogP contribution < -0.4 is 15.4 Å². The summed E-state index contributed by atoms with van der Waals surface area (Å²) in [6, 6.07) is 10.9. The summed E-state index contributed by atoms with van der Waals surface area (Å²) >= 11 is 1.66. The van der Waals surface area contributed by atoms with Gasteiger partial charge in [0.1, 0.15) is 12.4 Å². The SMILES string of the molecule is C[C@@H](CN1CCCC1=O)NC(=O)Nc1ccc(OCc2cccs2)cc1. The van der Waals surface area contributed by atoms with E-state index in [9.17, 15) is 9.59 Å². The lowest BCUT2D eigenvalue weighted by Gasteiger charge is -2.21. The van der Waals surface area contributed by atoms with Gasteiger partial charge in [0.15, 0.2) is 0 Å². The van der Waals surface area contributed by atoms with Gasteiger partial charge in [-0.1, -0.05) is 6.07 Å². The summed E-state index contributed by atoms with van der Waals surface area (Å²) in [5.41, 5.74) is 0.690. The molecule has 7 heteroatoms. The predicted molar refractivity (Wildman–Crippen MR) is 103 cm³/mol. The van der Waals surface area contributed by atoms with E-state index in [2.05, 4.69) is 10.6 Å². The average Bonchev–Trinajstić information content (AvgIpc) is 3.26. The predicted octanol–water partition coefficient (Wildman–Crippen LogP) is 3.46. The van der Waals surface area contributed by atoms with E-state index in [0.29, 0.717) is 25.3 Å². The first kappa shape index (κ1) is 18.3. The normalized spacial score (nSPS) is 15.0. The van der Waals surface area contributed by atoms with E-state index in [0.717, 1.165) is 23.6 Å². The molecule has 0 bridgehead atoms. The lowest BCUT2D eigenvalue weighted by molar-refractivity contribution is -0.127. The molecule has 3 rings (SSSR count). The van der Waals surface area contributed by atoms with Gasteiger partial charge in [0.2, 0.25) is 5.91 Å². The fraction of sp³-hybridized carbons (Fsp3) is 0.368. The van der Waals surface area contributed by atoms with Gasteiger partial charge in [-0.15, -0.1) is 11.3 Å². The van der Waals surface area contributed by atoms with Gasteiger partial charge >= 0.3 is 6.03 Å². The lowest BCUT2D eigenvalue weighted by atomic mass is 10.3. The number of nitrogens with zero attached hydrogens (tertiary/aromatic N) is 1. The number of rotatable bonds is 7. The molecule has 138 valence electrons. The highest BCUT2D eigenvalue weighted by molar-refractivity contribution is 7.09. The van der Waals surface area contributed by atoms with Crippen molar-refractivity contribution in [2.75, 3.05) is 18.4 Å². The van der Waals surface area contributed by atoms with Crippen molar-refractivity contribution in [2.45, 2.75) is 32.4 Å². The summed E-state index contributed by atoms with van der Waals surface area (Å²) in [7, 11) is 0. The minimum atomic E-state index is -0.281. The summed E-state index contributed by atoms with van der Waals surface area (Å²) in [5.74, 6) is 0.919. The zero-order valence-corrected chi connectivity index (χ0v) is 15.6. The van der Waals surface area contributed by atoms with Crippen LogP contribution in [0.15, 0.2) is 41.8 Å². The van der Waals surface area contributed by atoms with E-state index in [-0.39, 0.29) is 18.0 Å². The minimum absolute atomic E-state index is 0.106. The van der Waals surface area contributed by atoms with Gasteiger partial charge in [0, 0.05) is 36.1 Å². The molecule has 2 aromatic rings. The van der Waals surface area contributed by atoms with E-state index < -0.39 is 0 Å². The second kappa shape index (κ2) is 8.71. The molecule has 1 aromatic heterocycles. The molecule has 2 heterocycles. The molecule has 1 aliphatic heterocycles. The lowest BCUT2D eigenvalue weighted by Crippen LogP contribution is -2.44. The Morgan fingerprint density at radius 1 is 1.31 bits per heavy atom. The Labute approximate surface area is 157 Å². The number of nitrogens with one attached hydrogen (secondary N) is 2. The third-order valence-corrected chi connectivity index (χ3v) is 4.97. The Bertz CT molecular complexity index is 731. The third kappa shape index (κ3) is 5.23. The van der Waals surface area contributed by atoms with Crippen molar-refractivity contribution in [2.24, 2.45) is 0 Å². The molecule has 0 unspecified atom stereocenters. The highest BCUT2D eigenvalue weighted by Crippen LogP contribution is 2.18. The Morgan fingerprint density at radius 2 is 2.12 bits per heavy atom. The average molecular weight is 373 g/mol. The monoisotopic (exact) mass is 373 g/mol. The molecule has 2 N–H and O–H groups in total. The number of benzene rings is 1. The number of ether oxygens (including phenoxy) is 1. The quantitative estimate of drug-likeness (QED) is 0.781. The van der Waals surface area contributed by atoms with Crippen LogP contribution in [-0.2, 0) is 11.4 Å². The maximum absolute atomic E-state index is 12.1. The van der Waals surface area contributed by atoms with Crippen LogP contribution in [0, 0.1) is 0 Å². The fourth-order valence-electron chi connectivity index (χ4n) is 2.85. The Hall–Kier alpha value is -2.54. The Morgan fingerprint density at radius 3 is 2.77 bits per heavy atom. The van der Waals surface area contributed by atoms with Gasteiger partial charge in [-0.3, -0.25) is 4.79 Å². The number of hydrogen-bond donors (Lipinski definition) is 2. The van der Waals surface area contributed by atoms with Gasteiger partial charge in [0.05, 0.1) is 0 Å². The Kier molecular flexibility index (Phi) is 6.12. The Balaban J connectivity index is 1.42. The molecular formula is C19H23N3O3S. The summed E-state index contributed by atoms with van der Waals surface area (Å²) < 4.78 is 5.70. The second-order valence-electron chi connectivity index (χ2n) is 6.34. The molecule has 1 saturated heterocycles. The smallest absolute Gasteiger partial charge is 0.319 e. The number of likely N-dealkylation sites (tertiary alicyclic amines) is 1. The van der Waals surface area contributed by atoms with Gasteiger partial charge in [0.25, 0.3) is 0 Å². The fourth-order valence-corrected chi connectivity index (χ4v) is 3.46. The number of hydrogen-bond acceptors (Lipinski definition) is 4. The van der Waals surface area contributed by atoms with Crippen molar-refractivity contribution in [3.63, 3.8) is 0 Å². The van der Waals surface area contributed by atoms with Crippen LogP contribution in [-0.4, -0.2) is 36.0 Å². The van der Waals surface area contributed by atoms with Gasteiger partial charge in [-0.25, -0.2) is 4.79 Å². The van der Waals surface area contributed by atoms with Crippen LogP contribution in [0.4, 0.5) is 10.5 Å². The molecule has 3 amide bonds. The van der Waals surface area contributed by atoms with Crippen molar-refractivity contribution in [3.8, 4) is 5.75 Å². The number of carbonyl (C=O) groups excluding carboxylic acids is 2. The van der Waals surface area contributed by atoms with E-state index in [1.807, 2.05) is 36.6 Å². The van der Waals surface area contributed by atoms with Gasteiger partial charge < -0.3 is 20.3 Å². The van der Waals surface area contributed by atoms with E-state index in [4.69, 9.17) is 4.74 Å². The summed E-state index contributed by atoms with van der Waals surface area (Å²) in [6.07, 6.45) is 1.51. The molecule has 0 aliphatic carbocycles. The van der Waals surface area contributed by atoms with Crippen LogP contribution in [0.3, 0.4) is 0 Å². The number of amides is 3. The zero-order valence-electron chi connectivity index (χ0n) is 14.7. The molecule has 0 spiro atoms. The highest BCUT2D eigenvalue weighted by atomic mass is 32.1. The van der Waals surface area contributed by atoms with Crippen LogP contribution in [0.5, 0.6) is 5.75 Å². The topological polar surface area (TPSA) is 70.7 Å². The maximum atomic E-state index is 12.1.